The average Bonchev–Trinajstić information content (AvgIpc) is 0.706. The van der Waals surface area contributed by atoms with Crippen LogP contribution in [0.5, 0.6) is 0 Å². The summed E-state index contributed by atoms with van der Waals surface area (Å²) < 4.78 is 702. The van der Waals surface area contributed by atoms with Crippen molar-refractivity contribution in [2.75, 3.05) is 0 Å². The second-order valence-electron chi connectivity index (χ2n) is 21.8. The van der Waals surface area contributed by atoms with Crippen molar-refractivity contribution in [3.63, 3.8) is 0 Å². The zero-order valence-electron chi connectivity index (χ0n) is 48.0. The van der Waals surface area contributed by atoms with E-state index in [0.717, 1.165) is 36.4 Å². The number of benzene rings is 3. The molecule has 596 valence electrons. The lowest BCUT2D eigenvalue weighted by atomic mass is 9.87. The lowest BCUT2D eigenvalue weighted by molar-refractivity contribution is -0.461. The Morgan fingerprint density at radius 3 is 0.427 bits per heavy atom. The molecule has 0 amide bonds. The molecule has 3 aromatic rings. The SMILES string of the molecule is FC(F)(F)C(F)(F)C(F)(F)C(F)(F)C(F)(F)C(F)(F)C(F)(F)C(F)(F)CCCc1ccc(P(c2ccc(CCCC(F)(F)C(F)(F)C(F)(F)C(F)(F)C(F)(F)C(F)(F)C(F)(F)C(F)(F)F)cc2)c2ccc(CCCC(F)(F)C(F)(F)C(F)(F)C(F)(F)C(F)(F)C(F)(F)C(F)(F)C(F)(F)F)cc2)cc1. The summed E-state index contributed by atoms with van der Waals surface area (Å²) >= 11 is 0. The standard InChI is InChI=1S/C51H30F51P/c52-28(53,31(58,59)34(64,65)37(70,71)40(76,77)43(82,83)46(88,89)49(94,95)96)19-1-4-22-7-13-25(14-8-22)103(26-15-9-23(10-16-26)5-2-20-29(54,55)32(60,61)35(66,67)38(72,73)41(78,79)44(84,85)47(90,91)50(97,98)99)27-17-11-24(12-18-27)6-3-21-30(56,57)33(62,63)36(68,69)39(74,75)42(80,81)45(86,87)48(92,93)51(100,101)102/h7-18H,1-6,19-21H2. The van der Waals surface area contributed by atoms with Crippen molar-refractivity contribution >= 4 is 23.8 Å². The van der Waals surface area contributed by atoms with Gasteiger partial charge in [-0.2, -0.15) is 224 Å². The predicted octanol–water partition coefficient (Wildman–Crippen LogP) is 22.4. The predicted molar refractivity (Wildman–Crippen MR) is 246 cm³/mol. The number of hydrogen-bond acceptors (Lipinski definition) is 0. The minimum absolute atomic E-state index is 0.290. The van der Waals surface area contributed by atoms with Gasteiger partial charge >= 0.3 is 143 Å². The fourth-order valence-electron chi connectivity index (χ4n) is 8.49. The normalized spacial score (nSPS) is 16.0. The Bertz CT molecular complexity index is 2990. The van der Waals surface area contributed by atoms with Gasteiger partial charge in [-0.05, 0) is 79.1 Å². The zero-order chi connectivity index (χ0) is 81.9. The fourth-order valence-corrected chi connectivity index (χ4v) is 10.7. The van der Waals surface area contributed by atoms with Gasteiger partial charge in [-0.25, -0.2) is 0 Å². The van der Waals surface area contributed by atoms with E-state index < -0.39 is 225 Å². The third kappa shape index (κ3) is 14.2. The molecule has 0 aliphatic carbocycles. The summed E-state index contributed by atoms with van der Waals surface area (Å²) in [5.41, 5.74) is -1.67. The summed E-state index contributed by atoms with van der Waals surface area (Å²) in [7, 11) is -2.59. The molecule has 0 N–H and O–H groups in total. The summed E-state index contributed by atoms with van der Waals surface area (Å²) in [4.78, 5) is 0. The van der Waals surface area contributed by atoms with Crippen LogP contribution in [0.25, 0.3) is 0 Å². The second kappa shape index (κ2) is 27.0. The van der Waals surface area contributed by atoms with Crippen molar-refractivity contribution < 1.29 is 224 Å². The molecule has 52 heteroatoms. The van der Waals surface area contributed by atoms with Crippen molar-refractivity contribution in [2.24, 2.45) is 0 Å². The van der Waals surface area contributed by atoms with Crippen molar-refractivity contribution in [3.8, 4) is 0 Å². The topological polar surface area (TPSA) is 0 Å². The second-order valence-corrected chi connectivity index (χ2v) is 24.1. The van der Waals surface area contributed by atoms with Crippen LogP contribution in [-0.4, -0.2) is 143 Å². The minimum Gasteiger partial charge on any atom is -0.200 e. The highest BCUT2D eigenvalue weighted by Gasteiger charge is 2.98. The summed E-state index contributed by atoms with van der Waals surface area (Å²) in [5.74, 6) is -177. The molecule has 0 saturated heterocycles. The van der Waals surface area contributed by atoms with E-state index in [4.69, 9.17) is 0 Å². The van der Waals surface area contributed by atoms with Crippen molar-refractivity contribution in [3.05, 3.63) is 89.5 Å². The van der Waals surface area contributed by atoms with Gasteiger partial charge in [0, 0.05) is 19.3 Å². The van der Waals surface area contributed by atoms with Gasteiger partial charge in [0.25, 0.3) is 0 Å². The smallest absolute Gasteiger partial charge is 0.200 e. The van der Waals surface area contributed by atoms with Crippen molar-refractivity contribution in [1.82, 2.24) is 0 Å². The molecule has 0 radical (unpaired) electrons. The quantitative estimate of drug-likeness (QED) is 0.0421. The Morgan fingerprint density at radius 2 is 0.291 bits per heavy atom. The molecule has 0 atom stereocenters. The van der Waals surface area contributed by atoms with Crippen LogP contribution in [0, 0.1) is 0 Å². The first-order valence-electron chi connectivity index (χ1n) is 26.1. The average molecular weight is 1640 g/mol. The van der Waals surface area contributed by atoms with E-state index >= 15 is 0 Å². The lowest BCUT2D eigenvalue weighted by Crippen LogP contribution is -2.74. The number of aryl methyl sites for hydroxylation is 3. The highest BCUT2D eigenvalue weighted by molar-refractivity contribution is 7.79. The van der Waals surface area contributed by atoms with Crippen LogP contribution in [-0.2, 0) is 19.3 Å². The molecule has 3 rings (SSSR count). The molecule has 0 bridgehead atoms. The number of halogens is 51. The fraction of sp³-hybridized carbons (Fsp3) is 0.647. The Kier molecular flexibility index (Phi) is 24.1. The van der Waals surface area contributed by atoms with E-state index in [-0.39, 0.29) is 15.9 Å². The summed E-state index contributed by atoms with van der Waals surface area (Å²) in [5, 5.41) is -0.870. The van der Waals surface area contributed by atoms with E-state index in [1.165, 1.54) is 0 Å². The number of rotatable bonds is 33. The Balaban J connectivity index is 2.07. The maximum Gasteiger partial charge on any atom is 0.460 e. The van der Waals surface area contributed by atoms with Gasteiger partial charge in [-0.1, -0.05) is 72.8 Å². The van der Waals surface area contributed by atoms with E-state index in [1.54, 1.807) is 0 Å². The van der Waals surface area contributed by atoms with Crippen molar-refractivity contribution in [2.45, 2.75) is 201 Å². The van der Waals surface area contributed by atoms with Gasteiger partial charge in [0.2, 0.25) is 0 Å². The molecular weight excluding hydrogens is 1610 g/mol. The molecule has 0 saturated carbocycles. The van der Waals surface area contributed by atoms with E-state index in [1.807, 2.05) is 0 Å². The largest absolute Gasteiger partial charge is 0.460 e. The highest BCUT2D eigenvalue weighted by atomic mass is 31.1. The third-order valence-electron chi connectivity index (χ3n) is 14.8. The first-order chi connectivity index (χ1) is 44.9. The molecule has 0 aliphatic heterocycles. The summed E-state index contributed by atoms with van der Waals surface area (Å²) in [6, 6.07) is 8.58. The molecule has 0 spiro atoms. The van der Waals surface area contributed by atoms with Crippen LogP contribution >= 0.6 is 7.92 Å². The van der Waals surface area contributed by atoms with Gasteiger partial charge in [-0.3, -0.25) is 0 Å². The highest BCUT2D eigenvalue weighted by Crippen LogP contribution is 2.69. The Hall–Kier alpha value is -5.48. The maximum atomic E-state index is 14.7. The van der Waals surface area contributed by atoms with E-state index in [9.17, 15) is 224 Å². The molecule has 103 heavy (non-hydrogen) atoms. The molecule has 0 heterocycles. The maximum absolute atomic E-state index is 14.7. The summed E-state index contributed by atoms with van der Waals surface area (Å²) in [6.45, 7) is 0. The third-order valence-corrected chi connectivity index (χ3v) is 17.3. The molecule has 0 fully saturated rings. The molecule has 3 aromatic carbocycles. The Labute approximate surface area is 538 Å². The van der Waals surface area contributed by atoms with Gasteiger partial charge in [-0.15, -0.1) is 0 Å². The van der Waals surface area contributed by atoms with E-state index in [2.05, 4.69) is 0 Å². The lowest BCUT2D eigenvalue weighted by Gasteiger charge is -2.42. The van der Waals surface area contributed by atoms with Crippen LogP contribution < -0.4 is 15.9 Å². The van der Waals surface area contributed by atoms with E-state index in [0.29, 0.717) is 36.4 Å². The number of hydrogen-bond donors (Lipinski definition) is 0. The monoisotopic (exact) mass is 1640 g/mol. The van der Waals surface area contributed by atoms with Crippen LogP contribution in [0.15, 0.2) is 72.8 Å². The molecular formula is C51H30F51P. The van der Waals surface area contributed by atoms with Crippen molar-refractivity contribution in [1.29, 1.82) is 0 Å². The zero-order valence-corrected chi connectivity index (χ0v) is 48.9. The van der Waals surface area contributed by atoms with Crippen LogP contribution in [0.3, 0.4) is 0 Å². The molecule has 0 aromatic heterocycles. The first-order valence-corrected chi connectivity index (χ1v) is 27.5. The van der Waals surface area contributed by atoms with Gasteiger partial charge in [0.1, 0.15) is 0 Å². The van der Waals surface area contributed by atoms with Crippen LogP contribution in [0.4, 0.5) is 224 Å². The Morgan fingerprint density at radius 1 is 0.165 bits per heavy atom. The first kappa shape index (κ1) is 91.7. The molecule has 0 unspecified atom stereocenters. The van der Waals surface area contributed by atoms with Gasteiger partial charge < -0.3 is 0 Å². The number of alkyl halides is 51. The van der Waals surface area contributed by atoms with Crippen LogP contribution in [0.1, 0.15) is 55.2 Å². The molecule has 0 nitrogen and oxygen atoms in total. The van der Waals surface area contributed by atoms with Crippen LogP contribution in [0.2, 0.25) is 0 Å². The summed E-state index contributed by atoms with van der Waals surface area (Å²) in [6.07, 6.45) is -42.3. The molecule has 0 aliphatic rings. The van der Waals surface area contributed by atoms with Gasteiger partial charge in [0.15, 0.2) is 0 Å². The van der Waals surface area contributed by atoms with Gasteiger partial charge in [0.05, 0.1) is 0 Å². The minimum atomic E-state index is -8.98.